The second kappa shape index (κ2) is 10.8. The molecule has 2 N–H and O–H groups in total. The van der Waals surface area contributed by atoms with Gasteiger partial charge in [-0.1, -0.05) is 30.8 Å². The zero-order chi connectivity index (χ0) is 25.7. The van der Waals surface area contributed by atoms with Gasteiger partial charge in [0.15, 0.2) is 11.6 Å². The molecule has 0 aliphatic rings. The zero-order valence-electron chi connectivity index (χ0n) is 19.6. The van der Waals surface area contributed by atoms with Crippen LogP contribution in [-0.4, -0.2) is 22.5 Å². The first-order valence-electron chi connectivity index (χ1n) is 11.2. The third-order valence-electron chi connectivity index (χ3n) is 5.70. The fraction of sp³-hybridized carbons (Fsp3) is 0.107. The lowest BCUT2D eigenvalue weighted by molar-refractivity contribution is 0.0948. The molecular weight excluding hydrogens is 462 g/mol. The highest BCUT2D eigenvalue weighted by Gasteiger charge is 2.14. The number of aromatic nitrogens is 2. The SMILES string of the molecule is C=C(c1cccc(CNC(=O)c2cccn(Cc3ccc(F)c(F)c3)c2=O)c1)c1cccnc1NC. The largest absolute Gasteiger partial charge is 0.373 e. The molecule has 4 aromatic rings. The van der Waals surface area contributed by atoms with Crippen LogP contribution in [-0.2, 0) is 13.1 Å². The van der Waals surface area contributed by atoms with E-state index in [2.05, 4.69) is 22.2 Å². The van der Waals surface area contributed by atoms with E-state index in [9.17, 15) is 18.4 Å². The lowest BCUT2D eigenvalue weighted by atomic mass is 9.98. The number of nitrogens with zero attached hydrogens (tertiary/aromatic N) is 2. The van der Waals surface area contributed by atoms with Crippen LogP contribution in [0.15, 0.2) is 90.5 Å². The highest BCUT2D eigenvalue weighted by molar-refractivity contribution is 5.93. The third kappa shape index (κ3) is 5.38. The molecule has 36 heavy (non-hydrogen) atoms. The first-order chi connectivity index (χ1) is 17.4. The Morgan fingerprint density at radius 1 is 0.972 bits per heavy atom. The van der Waals surface area contributed by atoms with Crippen molar-refractivity contribution in [1.82, 2.24) is 14.9 Å². The molecular formula is C28H24F2N4O2. The van der Waals surface area contributed by atoms with Crippen molar-refractivity contribution in [2.75, 3.05) is 12.4 Å². The number of carbonyl (C=O) groups excluding carboxylic acids is 1. The molecule has 0 spiro atoms. The molecule has 2 aromatic carbocycles. The smallest absolute Gasteiger partial charge is 0.263 e. The highest BCUT2D eigenvalue weighted by atomic mass is 19.2. The number of hydrogen-bond donors (Lipinski definition) is 2. The van der Waals surface area contributed by atoms with Gasteiger partial charge in [-0.2, -0.15) is 0 Å². The van der Waals surface area contributed by atoms with Crippen LogP contribution >= 0.6 is 0 Å². The van der Waals surface area contributed by atoms with Gasteiger partial charge in [-0.05, 0) is 64.7 Å². The summed E-state index contributed by atoms with van der Waals surface area (Å²) in [4.78, 5) is 30.0. The van der Waals surface area contributed by atoms with Crippen molar-refractivity contribution in [2.45, 2.75) is 13.1 Å². The Balaban J connectivity index is 1.47. The second-order valence-electron chi connectivity index (χ2n) is 8.11. The summed E-state index contributed by atoms with van der Waals surface area (Å²) in [6, 6.07) is 17.8. The molecule has 0 atom stereocenters. The molecule has 182 valence electrons. The van der Waals surface area contributed by atoms with Gasteiger partial charge in [0.2, 0.25) is 0 Å². The van der Waals surface area contributed by atoms with E-state index in [0.717, 1.165) is 34.4 Å². The zero-order valence-corrected chi connectivity index (χ0v) is 19.6. The Labute approximate surface area is 207 Å². The van der Waals surface area contributed by atoms with Crippen LogP contribution in [0.2, 0.25) is 0 Å². The van der Waals surface area contributed by atoms with Gasteiger partial charge in [-0.3, -0.25) is 9.59 Å². The fourth-order valence-electron chi connectivity index (χ4n) is 3.82. The Kier molecular flexibility index (Phi) is 7.34. The average Bonchev–Trinajstić information content (AvgIpc) is 2.90. The molecule has 2 heterocycles. The molecule has 1 amide bonds. The molecule has 8 heteroatoms. The summed E-state index contributed by atoms with van der Waals surface area (Å²) in [7, 11) is 1.79. The van der Waals surface area contributed by atoms with E-state index in [1.54, 1.807) is 19.3 Å². The minimum absolute atomic E-state index is 0.00422. The minimum atomic E-state index is -0.995. The maximum Gasteiger partial charge on any atom is 0.263 e. The van der Waals surface area contributed by atoms with Crippen LogP contribution in [0.3, 0.4) is 0 Å². The van der Waals surface area contributed by atoms with Crippen LogP contribution in [0.4, 0.5) is 14.6 Å². The number of carbonyl (C=O) groups is 1. The van der Waals surface area contributed by atoms with E-state index < -0.39 is 23.1 Å². The van der Waals surface area contributed by atoms with E-state index in [4.69, 9.17) is 0 Å². The summed E-state index contributed by atoms with van der Waals surface area (Å²) in [5.74, 6) is -1.78. The number of nitrogens with one attached hydrogen (secondary N) is 2. The number of rotatable bonds is 8. The monoisotopic (exact) mass is 486 g/mol. The van der Waals surface area contributed by atoms with Crippen molar-refractivity contribution < 1.29 is 13.6 Å². The quantitative estimate of drug-likeness (QED) is 0.382. The Bertz CT molecular complexity index is 1500. The molecule has 0 radical (unpaired) electrons. The lowest BCUT2D eigenvalue weighted by Crippen LogP contribution is -2.32. The van der Waals surface area contributed by atoms with Gasteiger partial charge in [0.1, 0.15) is 11.4 Å². The van der Waals surface area contributed by atoms with Gasteiger partial charge in [0, 0.05) is 31.5 Å². The maximum atomic E-state index is 13.5. The van der Waals surface area contributed by atoms with Crippen LogP contribution in [0.25, 0.3) is 5.57 Å². The summed E-state index contributed by atoms with van der Waals surface area (Å²) in [5, 5.41) is 5.83. The van der Waals surface area contributed by atoms with Crippen molar-refractivity contribution in [1.29, 1.82) is 0 Å². The first kappa shape index (κ1) is 24.5. The van der Waals surface area contributed by atoms with Crippen molar-refractivity contribution in [3.63, 3.8) is 0 Å². The summed E-state index contributed by atoms with van der Waals surface area (Å²) in [5.41, 5.74) is 3.18. The molecule has 0 unspecified atom stereocenters. The molecule has 0 bridgehead atoms. The molecule has 0 aliphatic carbocycles. The first-order valence-corrected chi connectivity index (χ1v) is 11.2. The Morgan fingerprint density at radius 3 is 2.56 bits per heavy atom. The van der Waals surface area contributed by atoms with Crippen molar-refractivity contribution in [3.05, 3.63) is 136 Å². The van der Waals surface area contributed by atoms with E-state index >= 15 is 0 Å². The van der Waals surface area contributed by atoms with Gasteiger partial charge in [0.25, 0.3) is 11.5 Å². The topological polar surface area (TPSA) is 76.0 Å². The van der Waals surface area contributed by atoms with E-state index in [1.165, 1.54) is 22.9 Å². The Morgan fingerprint density at radius 2 is 1.78 bits per heavy atom. The molecule has 2 aromatic heterocycles. The maximum absolute atomic E-state index is 13.5. The molecule has 6 nitrogen and oxygen atoms in total. The summed E-state index contributed by atoms with van der Waals surface area (Å²) >= 11 is 0. The van der Waals surface area contributed by atoms with Crippen molar-refractivity contribution in [2.24, 2.45) is 0 Å². The number of hydrogen-bond acceptors (Lipinski definition) is 4. The number of halogens is 2. The van der Waals surface area contributed by atoms with Crippen LogP contribution in [0.5, 0.6) is 0 Å². The number of anilines is 1. The number of benzene rings is 2. The standard InChI is InChI=1S/C28H24F2N4O2/c1-18(22-8-4-12-32-26(22)31-2)21-7-3-6-19(14-21)16-33-27(35)23-9-5-13-34(28(23)36)17-20-10-11-24(29)25(30)15-20/h3-15H,1,16-17H2,2H3,(H,31,32)(H,33,35). The summed E-state index contributed by atoms with van der Waals surface area (Å²) in [6.45, 7) is 4.40. The van der Waals surface area contributed by atoms with Gasteiger partial charge in [-0.15, -0.1) is 0 Å². The fourth-order valence-corrected chi connectivity index (χ4v) is 3.82. The van der Waals surface area contributed by atoms with Crippen LogP contribution in [0.1, 0.15) is 32.6 Å². The number of pyridine rings is 2. The second-order valence-corrected chi connectivity index (χ2v) is 8.11. The van der Waals surface area contributed by atoms with E-state index in [0.29, 0.717) is 11.4 Å². The Hall–Kier alpha value is -4.59. The van der Waals surface area contributed by atoms with E-state index in [-0.39, 0.29) is 18.7 Å². The highest BCUT2D eigenvalue weighted by Crippen LogP contribution is 2.26. The molecule has 0 saturated heterocycles. The van der Waals surface area contributed by atoms with Gasteiger partial charge < -0.3 is 15.2 Å². The predicted octanol–water partition coefficient (Wildman–Crippen LogP) is 4.60. The van der Waals surface area contributed by atoms with Crippen molar-refractivity contribution >= 4 is 17.3 Å². The van der Waals surface area contributed by atoms with Gasteiger partial charge in [-0.25, -0.2) is 13.8 Å². The minimum Gasteiger partial charge on any atom is -0.373 e. The van der Waals surface area contributed by atoms with Crippen LogP contribution in [0, 0.1) is 11.6 Å². The lowest BCUT2D eigenvalue weighted by Gasteiger charge is -2.13. The molecule has 4 rings (SSSR count). The molecule has 0 fully saturated rings. The molecule has 0 aliphatic heterocycles. The number of amides is 1. The van der Waals surface area contributed by atoms with E-state index in [1.807, 2.05) is 36.4 Å². The van der Waals surface area contributed by atoms with Crippen LogP contribution < -0.4 is 16.2 Å². The summed E-state index contributed by atoms with van der Waals surface area (Å²) in [6.07, 6.45) is 3.19. The normalized spacial score (nSPS) is 10.6. The summed E-state index contributed by atoms with van der Waals surface area (Å²) < 4.78 is 28.0. The molecule has 0 saturated carbocycles. The van der Waals surface area contributed by atoms with Gasteiger partial charge >= 0.3 is 0 Å². The van der Waals surface area contributed by atoms with Gasteiger partial charge in [0.05, 0.1) is 6.54 Å². The average molecular weight is 487 g/mol. The predicted molar refractivity (Wildman–Crippen MR) is 136 cm³/mol. The van der Waals surface area contributed by atoms with Crippen molar-refractivity contribution in [3.8, 4) is 0 Å². The third-order valence-corrected chi connectivity index (χ3v) is 5.70.